The SMILES string of the molecule is C[C@H](CCC(=O)Cl)[C@H]1CC[C@H]2[C@@H]3CCC4CCCC[C@]4(C)[C@H]3CC[C@]12C. The Morgan fingerprint density at radius 1 is 0.962 bits per heavy atom. The van der Waals surface area contributed by atoms with Crippen LogP contribution in [0.4, 0.5) is 0 Å². The highest BCUT2D eigenvalue weighted by atomic mass is 35.5. The van der Waals surface area contributed by atoms with Crippen molar-refractivity contribution >= 4 is 16.8 Å². The number of carbonyl (C=O) groups is 1. The minimum Gasteiger partial charge on any atom is -0.281 e. The fourth-order valence-electron chi connectivity index (χ4n) is 8.81. The second-order valence-corrected chi connectivity index (χ2v) is 11.4. The molecule has 1 nitrogen and oxygen atoms in total. The van der Waals surface area contributed by atoms with Gasteiger partial charge in [0.15, 0.2) is 0 Å². The zero-order valence-corrected chi connectivity index (χ0v) is 18.0. The number of halogens is 1. The van der Waals surface area contributed by atoms with Gasteiger partial charge in [-0.15, -0.1) is 0 Å². The monoisotopic (exact) mass is 378 g/mol. The number of rotatable bonds is 4. The van der Waals surface area contributed by atoms with E-state index in [0.29, 0.717) is 23.2 Å². The standard InChI is InChI=1S/C24H39ClO/c1-16(7-12-22(25)26)19-10-11-20-18-9-8-17-6-4-5-14-23(17,2)21(18)13-15-24(19,20)3/h16-21H,4-15H2,1-3H3/t16-,17?,18+,19-,20+,21+,23+,24-/m1/s1. The lowest BCUT2D eigenvalue weighted by Crippen LogP contribution is -2.53. The topological polar surface area (TPSA) is 17.1 Å². The quantitative estimate of drug-likeness (QED) is 0.472. The molecule has 0 bridgehead atoms. The van der Waals surface area contributed by atoms with Gasteiger partial charge in [-0.05, 0) is 116 Å². The van der Waals surface area contributed by atoms with Crippen molar-refractivity contribution in [3.63, 3.8) is 0 Å². The first-order chi connectivity index (χ1) is 12.4. The lowest BCUT2D eigenvalue weighted by Gasteiger charge is -2.61. The summed E-state index contributed by atoms with van der Waals surface area (Å²) in [5.74, 6) is 5.40. The van der Waals surface area contributed by atoms with Gasteiger partial charge in [0.1, 0.15) is 0 Å². The average molecular weight is 379 g/mol. The molecule has 0 amide bonds. The van der Waals surface area contributed by atoms with Gasteiger partial charge in [-0.3, -0.25) is 4.79 Å². The van der Waals surface area contributed by atoms with Gasteiger partial charge in [0, 0.05) is 6.42 Å². The Morgan fingerprint density at radius 2 is 1.73 bits per heavy atom. The van der Waals surface area contributed by atoms with Gasteiger partial charge >= 0.3 is 0 Å². The Morgan fingerprint density at radius 3 is 2.50 bits per heavy atom. The van der Waals surface area contributed by atoms with Crippen LogP contribution in [0.3, 0.4) is 0 Å². The molecule has 4 saturated carbocycles. The van der Waals surface area contributed by atoms with E-state index in [0.717, 1.165) is 36.0 Å². The van der Waals surface area contributed by atoms with E-state index in [1.807, 2.05) is 0 Å². The largest absolute Gasteiger partial charge is 0.281 e. The lowest BCUT2D eigenvalue weighted by molar-refractivity contribution is -0.116. The summed E-state index contributed by atoms with van der Waals surface area (Å²) in [6.07, 6.45) is 16.3. The highest BCUT2D eigenvalue weighted by Gasteiger charge is 2.60. The molecule has 8 atom stereocenters. The van der Waals surface area contributed by atoms with E-state index >= 15 is 0 Å². The van der Waals surface area contributed by atoms with Crippen LogP contribution in [0.1, 0.15) is 97.8 Å². The maximum atomic E-state index is 11.2. The summed E-state index contributed by atoms with van der Waals surface area (Å²) >= 11 is 5.63. The Kier molecular flexibility index (Phi) is 5.26. The first-order valence-electron chi connectivity index (χ1n) is 11.5. The second kappa shape index (κ2) is 7.09. The van der Waals surface area contributed by atoms with Crippen LogP contribution in [-0.2, 0) is 4.79 Å². The van der Waals surface area contributed by atoms with Crippen molar-refractivity contribution in [3.05, 3.63) is 0 Å². The first-order valence-corrected chi connectivity index (χ1v) is 11.9. The van der Waals surface area contributed by atoms with Crippen LogP contribution in [-0.4, -0.2) is 5.24 Å². The van der Waals surface area contributed by atoms with E-state index < -0.39 is 0 Å². The fraction of sp³-hybridized carbons (Fsp3) is 0.958. The maximum absolute atomic E-state index is 11.2. The third kappa shape index (κ3) is 2.99. The molecule has 4 fully saturated rings. The molecular formula is C24H39ClO. The van der Waals surface area contributed by atoms with E-state index in [4.69, 9.17) is 11.6 Å². The molecule has 1 unspecified atom stereocenters. The predicted molar refractivity (Wildman–Crippen MR) is 109 cm³/mol. The van der Waals surface area contributed by atoms with Crippen molar-refractivity contribution in [2.45, 2.75) is 97.8 Å². The molecule has 4 aliphatic rings. The van der Waals surface area contributed by atoms with Crippen LogP contribution in [0.2, 0.25) is 0 Å². The third-order valence-electron chi connectivity index (χ3n) is 10.1. The van der Waals surface area contributed by atoms with E-state index in [-0.39, 0.29) is 5.24 Å². The van der Waals surface area contributed by atoms with Crippen LogP contribution < -0.4 is 0 Å². The van der Waals surface area contributed by atoms with E-state index in [9.17, 15) is 4.79 Å². The Labute approximate surface area is 166 Å². The molecule has 0 N–H and O–H groups in total. The van der Waals surface area contributed by atoms with Crippen LogP contribution in [0.25, 0.3) is 0 Å². The van der Waals surface area contributed by atoms with Crippen LogP contribution in [0, 0.1) is 46.3 Å². The summed E-state index contributed by atoms with van der Waals surface area (Å²) in [4.78, 5) is 11.2. The summed E-state index contributed by atoms with van der Waals surface area (Å²) in [6.45, 7) is 7.70. The van der Waals surface area contributed by atoms with Gasteiger partial charge < -0.3 is 0 Å². The zero-order valence-electron chi connectivity index (χ0n) is 17.2. The van der Waals surface area contributed by atoms with Crippen molar-refractivity contribution in [2.24, 2.45) is 46.3 Å². The van der Waals surface area contributed by atoms with Crippen molar-refractivity contribution in [1.82, 2.24) is 0 Å². The third-order valence-corrected chi connectivity index (χ3v) is 10.3. The van der Waals surface area contributed by atoms with Gasteiger partial charge in [-0.25, -0.2) is 0 Å². The number of fused-ring (bicyclic) bond motifs is 5. The Hall–Kier alpha value is -0.0400. The molecule has 0 spiro atoms. The van der Waals surface area contributed by atoms with E-state index in [1.165, 1.54) is 64.2 Å². The van der Waals surface area contributed by atoms with Crippen LogP contribution in [0.5, 0.6) is 0 Å². The molecule has 0 aromatic heterocycles. The highest BCUT2D eigenvalue weighted by Crippen LogP contribution is 2.68. The summed E-state index contributed by atoms with van der Waals surface area (Å²) in [5.41, 5.74) is 1.17. The number of carbonyl (C=O) groups excluding carboxylic acids is 1. The van der Waals surface area contributed by atoms with Gasteiger partial charge in [0.05, 0.1) is 0 Å². The van der Waals surface area contributed by atoms with Crippen LogP contribution in [0.15, 0.2) is 0 Å². The molecule has 4 aliphatic carbocycles. The molecule has 148 valence electrons. The van der Waals surface area contributed by atoms with Gasteiger partial charge in [0.2, 0.25) is 5.24 Å². The second-order valence-electron chi connectivity index (χ2n) is 11.0. The molecule has 0 aromatic carbocycles. The molecule has 2 heteroatoms. The Bertz CT molecular complexity index is 544. The summed E-state index contributed by atoms with van der Waals surface area (Å²) < 4.78 is 0. The van der Waals surface area contributed by atoms with Crippen molar-refractivity contribution in [2.75, 3.05) is 0 Å². The number of hydrogen-bond acceptors (Lipinski definition) is 1. The van der Waals surface area contributed by atoms with Crippen molar-refractivity contribution in [1.29, 1.82) is 0 Å². The molecule has 0 radical (unpaired) electrons. The molecule has 26 heavy (non-hydrogen) atoms. The summed E-state index contributed by atoms with van der Waals surface area (Å²) in [7, 11) is 0. The van der Waals surface area contributed by atoms with E-state index in [1.54, 1.807) is 0 Å². The average Bonchev–Trinajstić information content (AvgIpc) is 2.96. The van der Waals surface area contributed by atoms with E-state index in [2.05, 4.69) is 20.8 Å². The minimum atomic E-state index is -0.149. The molecule has 0 heterocycles. The summed E-state index contributed by atoms with van der Waals surface area (Å²) in [6, 6.07) is 0. The van der Waals surface area contributed by atoms with Gasteiger partial charge in [0.25, 0.3) is 0 Å². The predicted octanol–water partition coefficient (Wildman–Crippen LogP) is 7.22. The molecule has 0 saturated heterocycles. The molecule has 0 aliphatic heterocycles. The Balaban J connectivity index is 1.52. The first kappa shape index (κ1) is 19.3. The van der Waals surface area contributed by atoms with Gasteiger partial charge in [-0.2, -0.15) is 0 Å². The number of hydrogen-bond donors (Lipinski definition) is 0. The molecule has 4 rings (SSSR count). The zero-order chi connectivity index (χ0) is 18.5. The van der Waals surface area contributed by atoms with Crippen molar-refractivity contribution in [3.8, 4) is 0 Å². The maximum Gasteiger partial charge on any atom is 0.221 e. The van der Waals surface area contributed by atoms with Crippen molar-refractivity contribution < 1.29 is 4.79 Å². The lowest BCUT2D eigenvalue weighted by atomic mass is 9.44. The minimum absolute atomic E-state index is 0.149. The molecular weight excluding hydrogens is 340 g/mol. The normalized spacial score (nSPS) is 49.0. The molecule has 0 aromatic rings. The van der Waals surface area contributed by atoms with Crippen LogP contribution >= 0.6 is 11.6 Å². The smallest absolute Gasteiger partial charge is 0.221 e. The van der Waals surface area contributed by atoms with Gasteiger partial charge in [-0.1, -0.05) is 33.6 Å². The fourth-order valence-corrected chi connectivity index (χ4v) is 8.92. The summed E-state index contributed by atoms with van der Waals surface area (Å²) in [5, 5.41) is -0.149. The highest BCUT2D eigenvalue weighted by molar-refractivity contribution is 6.63.